The third kappa shape index (κ3) is 4.25. The number of anilines is 1. The standard InChI is InChI=1S/C20H21N3O5S/c1-12(25)21-9-16-10-23(20(26)27-16)14-4-2-13(3-5-14)18-6-7-19(29-18)17-8-15(11-24)28-22-17/h2-7,15-16,24H,8-11H2,1H3,(H,21,25)/t15?,16-/m0/s1. The molecular formula is C20H21N3O5S. The Labute approximate surface area is 171 Å². The van der Waals surface area contributed by atoms with Crippen molar-refractivity contribution < 1.29 is 24.3 Å². The Hall–Kier alpha value is -2.91. The number of hydrogen-bond acceptors (Lipinski definition) is 7. The molecule has 0 spiro atoms. The Kier molecular flexibility index (Phi) is 5.50. The van der Waals surface area contributed by atoms with Crippen molar-refractivity contribution in [3.8, 4) is 10.4 Å². The van der Waals surface area contributed by atoms with Crippen molar-refractivity contribution >= 4 is 34.7 Å². The van der Waals surface area contributed by atoms with Gasteiger partial charge in [0.1, 0.15) is 11.8 Å². The molecule has 1 unspecified atom stereocenters. The molecule has 2 aliphatic rings. The molecular weight excluding hydrogens is 394 g/mol. The molecule has 3 heterocycles. The lowest BCUT2D eigenvalue weighted by molar-refractivity contribution is -0.119. The molecule has 1 saturated heterocycles. The molecule has 29 heavy (non-hydrogen) atoms. The first-order chi connectivity index (χ1) is 14.0. The molecule has 152 valence electrons. The highest BCUT2D eigenvalue weighted by Gasteiger charge is 2.32. The van der Waals surface area contributed by atoms with Crippen molar-refractivity contribution in [1.82, 2.24) is 5.32 Å². The lowest BCUT2D eigenvalue weighted by atomic mass is 10.1. The van der Waals surface area contributed by atoms with Crippen LogP contribution in [0.5, 0.6) is 0 Å². The van der Waals surface area contributed by atoms with Crippen molar-refractivity contribution in [1.29, 1.82) is 0 Å². The summed E-state index contributed by atoms with van der Waals surface area (Å²) in [6.45, 7) is 2.09. The molecule has 2 amide bonds. The maximum absolute atomic E-state index is 12.1. The number of rotatable bonds is 6. The first-order valence-corrected chi connectivity index (χ1v) is 10.1. The Morgan fingerprint density at radius 1 is 1.24 bits per heavy atom. The van der Waals surface area contributed by atoms with Gasteiger partial charge in [-0.2, -0.15) is 0 Å². The van der Waals surface area contributed by atoms with Crippen LogP contribution in [0.2, 0.25) is 0 Å². The average molecular weight is 415 g/mol. The van der Waals surface area contributed by atoms with Gasteiger partial charge in [0.25, 0.3) is 0 Å². The molecule has 1 fully saturated rings. The second-order valence-corrected chi connectivity index (χ2v) is 8.00. The molecule has 2 atom stereocenters. The number of hydrogen-bond donors (Lipinski definition) is 2. The fourth-order valence-corrected chi connectivity index (χ4v) is 4.22. The first-order valence-electron chi connectivity index (χ1n) is 9.30. The topological polar surface area (TPSA) is 100 Å². The molecule has 0 saturated carbocycles. The van der Waals surface area contributed by atoms with Crippen LogP contribution in [-0.4, -0.2) is 54.7 Å². The Morgan fingerprint density at radius 2 is 2.00 bits per heavy atom. The van der Waals surface area contributed by atoms with E-state index in [1.54, 1.807) is 16.2 Å². The van der Waals surface area contributed by atoms with Crippen molar-refractivity contribution in [2.45, 2.75) is 25.6 Å². The molecule has 9 heteroatoms. The van der Waals surface area contributed by atoms with Crippen LogP contribution in [0, 0.1) is 0 Å². The van der Waals surface area contributed by atoms with Gasteiger partial charge in [-0.1, -0.05) is 17.3 Å². The molecule has 8 nitrogen and oxygen atoms in total. The van der Waals surface area contributed by atoms with Crippen molar-refractivity contribution in [3.63, 3.8) is 0 Å². The molecule has 2 aromatic rings. The summed E-state index contributed by atoms with van der Waals surface area (Å²) < 4.78 is 5.30. The van der Waals surface area contributed by atoms with E-state index in [2.05, 4.69) is 10.5 Å². The van der Waals surface area contributed by atoms with Crippen molar-refractivity contribution in [2.24, 2.45) is 5.16 Å². The normalized spacial score (nSPS) is 21.0. The second-order valence-electron chi connectivity index (χ2n) is 6.92. The minimum absolute atomic E-state index is 0.0443. The van der Waals surface area contributed by atoms with Crippen LogP contribution < -0.4 is 10.2 Å². The van der Waals surface area contributed by atoms with E-state index in [1.807, 2.05) is 36.4 Å². The van der Waals surface area contributed by atoms with E-state index >= 15 is 0 Å². The zero-order valence-electron chi connectivity index (χ0n) is 15.8. The maximum Gasteiger partial charge on any atom is 0.414 e. The van der Waals surface area contributed by atoms with E-state index in [4.69, 9.17) is 14.7 Å². The Morgan fingerprint density at radius 3 is 2.69 bits per heavy atom. The molecule has 1 aromatic heterocycles. The zero-order chi connectivity index (χ0) is 20.4. The number of carbonyl (C=O) groups is 2. The highest BCUT2D eigenvalue weighted by atomic mass is 32.1. The summed E-state index contributed by atoms with van der Waals surface area (Å²) in [5, 5.41) is 15.9. The minimum Gasteiger partial charge on any atom is -0.442 e. The number of thiophene rings is 1. The predicted molar refractivity (Wildman–Crippen MR) is 109 cm³/mol. The highest BCUT2D eigenvalue weighted by Crippen LogP contribution is 2.32. The van der Waals surface area contributed by atoms with Crippen LogP contribution >= 0.6 is 11.3 Å². The SMILES string of the molecule is CC(=O)NC[C@H]1CN(c2ccc(-c3ccc(C4=NOC(CO)C4)s3)cc2)C(=O)O1. The zero-order valence-corrected chi connectivity index (χ0v) is 16.6. The number of oxime groups is 1. The van der Waals surface area contributed by atoms with Crippen molar-refractivity contribution in [2.75, 3.05) is 24.6 Å². The number of aliphatic hydroxyl groups is 1. The Balaban J connectivity index is 1.42. The number of carbonyl (C=O) groups excluding carboxylic acids is 2. The quantitative estimate of drug-likeness (QED) is 0.754. The van der Waals surface area contributed by atoms with Gasteiger partial charge >= 0.3 is 6.09 Å². The smallest absolute Gasteiger partial charge is 0.414 e. The molecule has 2 aliphatic heterocycles. The number of nitrogens with one attached hydrogen (secondary N) is 1. The third-order valence-corrected chi connectivity index (χ3v) is 5.93. The number of benzene rings is 1. The first kappa shape index (κ1) is 19.4. The van der Waals surface area contributed by atoms with E-state index in [9.17, 15) is 9.59 Å². The number of nitrogens with zero attached hydrogens (tertiary/aromatic N) is 2. The number of cyclic esters (lactones) is 1. The maximum atomic E-state index is 12.1. The molecule has 0 radical (unpaired) electrons. The van der Waals surface area contributed by atoms with E-state index in [1.165, 1.54) is 6.92 Å². The minimum atomic E-state index is -0.413. The number of ether oxygens (including phenoxy) is 1. The van der Waals surface area contributed by atoms with Gasteiger partial charge in [-0.3, -0.25) is 9.69 Å². The van der Waals surface area contributed by atoms with Crippen LogP contribution in [0.1, 0.15) is 18.2 Å². The van der Waals surface area contributed by atoms with Gasteiger partial charge in [-0.15, -0.1) is 11.3 Å². The summed E-state index contributed by atoms with van der Waals surface area (Å²) in [6.07, 6.45) is -0.427. The van der Waals surface area contributed by atoms with Gasteiger partial charge in [-0.25, -0.2) is 4.79 Å². The lowest BCUT2D eigenvalue weighted by Gasteiger charge is -2.13. The lowest BCUT2D eigenvalue weighted by Crippen LogP contribution is -2.33. The molecule has 1 aromatic carbocycles. The van der Waals surface area contributed by atoms with Gasteiger partial charge in [0.2, 0.25) is 5.91 Å². The fourth-order valence-electron chi connectivity index (χ4n) is 3.22. The third-order valence-electron chi connectivity index (χ3n) is 4.74. The summed E-state index contributed by atoms with van der Waals surface area (Å²) in [5.41, 5.74) is 2.63. The van der Waals surface area contributed by atoms with Gasteiger partial charge < -0.3 is 20.0 Å². The largest absolute Gasteiger partial charge is 0.442 e. The van der Waals surface area contributed by atoms with Crippen LogP contribution in [-0.2, 0) is 14.4 Å². The van der Waals surface area contributed by atoms with E-state index in [0.717, 1.165) is 26.7 Å². The molecule has 4 rings (SSSR count). The van der Waals surface area contributed by atoms with Crippen LogP contribution in [0.25, 0.3) is 10.4 Å². The monoisotopic (exact) mass is 415 g/mol. The summed E-state index contributed by atoms with van der Waals surface area (Å²) in [4.78, 5) is 32.0. The number of amides is 2. The van der Waals surface area contributed by atoms with Gasteiger partial charge in [-0.05, 0) is 29.8 Å². The Bertz CT molecular complexity index is 940. The summed E-state index contributed by atoms with van der Waals surface area (Å²) in [5.74, 6) is -0.152. The summed E-state index contributed by atoms with van der Waals surface area (Å²) >= 11 is 1.61. The van der Waals surface area contributed by atoms with Gasteiger partial charge in [0.15, 0.2) is 6.10 Å². The van der Waals surface area contributed by atoms with Crippen LogP contribution in [0.15, 0.2) is 41.6 Å². The van der Waals surface area contributed by atoms with Crippen LogP contribution in [0.3, 0.4) is 0 Å². The highest BCUT2D eigenvalue weighted by molar-refractivity contribution is 7.17. The summed E-state index contributed by atoms with van der Waals surface area (Å²) in [7, 11) is 0. The van der Waals surface area contributed by atoms with Crippen LogP contribution in [0.4, 0.5) is 10.5 Å². The molecule has 0 aliphatic carbocycles. The van der Waals surface area contributed by atoms with E-state index in [0.29, 0.717) is 19.5 Å². The van der Waals surface area contributed by atoms with E-state index < -0.39 is 6.09 Å². The second kappa shape index (κ2) is 8.22. The van der Waals surface area contributed by atoms with Gasteiger partial charge in [0, 0.05) is 23.9 Å². The summed E-state index contributed by atoms with van der Waals surface area (Å²) in [6, 6.07) is 11.7. The molecule has 0 bridgehead atoms. The average Bonchev–Trinajstić information content (AvgIpc) is 3.45. The number of aliphatic hydroxyl groups excluding tert-OH is 1. The molecule has 2 N–H and O–H groups in total. The van der Waals surface area contributed by atoms with E-state index in [-0.39, 0.29) is 24.7 Å². The van der Waals surface area contributed by atoms with Gasteiger partial charge in [0.05, 0.1) is 24.6 Å². The fraction of sp³-hybridized carbons (Fsp3) is 0.350. The van der Waals surface area contributed by atoms with Crippen molar-refractivity contribution in [3.05, 3.63) is 41.3 Å². The predicted octanol–water partition coefficient (Wildman–Crippen LogP) is 2.36.